The Hall–Kier alpha value is -3.67. The minimum Gasteiger partial charge on any atom is -0.322 e. The van der Waals surface area contributed by atoms with Gasteiger partial charge in [0.25, 0.3) is 21.5 Å². The summed E-state index contributed by atoms with van der Waals surface area (Å²) in [4.78, 5) is 25.4. The molecule has 7 nitrogen and oxygen atoms in total. The molecule has 0 spiro atoms. The van der Waals surface area contributed by atoms with E-state index in [1.807, 2.05) is 0 Å². The molecule has 1 amide bonds. The summed E-state index contributed by atoms with van der Waals surface area (Å²) in [6.45, 7) is 0. The smallest absolute Gasteiger partial charge is 0.322 e. The van der Waals surface area contributed by atoms with Crippen LogP contribution in [0.3, 0.4) is 0 Å². The van der Waals surface area contributed by atoms with Gasteiger partial charge in [-0.05, 0) is 60.7 Å². The van der Waals surface area contributed by atoms with Crippen molar-refractivity contribution in [2.24, 2.45) is 0 Å². The number of carbonyl (C=O) groups is 1. The molecular weight excluding hydrogens is 442 g/mol. The van der Waals surface area contributed by atoms with Gasteiger partial charge < -0.3 is 10.3 Å². The number of benzene rings is 2. The predicted octanol–water partition coefficient (Wildman–Crippen LogP) is 3.59. The molecule has 0 aliphatic carbocycles. The van der Waals surface area contributed by atoms with Crippen LogP contribution in [0.25, 0.3) is 0 Å². The number of aromatic amines is 1. The number of hydrogen-bond acceptors (Lipinski definition) is 4. The molecule has 3 rings (SSSR count). The van der Waals surface area contributed by atoms with E-state index in [2.05, 4.69) is 10.0 Å². The molecule has 0 unspecified atom stereocenters. The van der Waals surface area contributed by atoms with Crippen LogP contribution in [0.5, 0.6) is 0 Å². The van der Waals surface area contributed by atoms with Crippen LogP contribution in [0.15, 0.2) is 70.4 Å². The third-order valence-electron chi connectivity index (χ3n) is 3.98. The zero-order valence-corrected chi connectivity index (χ0v) is 16.1. The quantitative estimate of drug-likeness (QED) is 0.511. The van der Waals surface area contributed by atoms with Gasteiger partial charge in [0, 0.05) is 11.4 Å². The molecule has 0 aliphatic rings. The molecule has 0 aliphatic heterocycles. The van der Waals surface area contributed by atoms with Crippen LogP contribution in [-0.4, -0.2) is 19.3 Å². The molecule has 3 N–H and O–H groups in total. The van der Waals surface area contributed by atoms with E-state index in [0.29, 0.717) is 6.07 Å². The highest BCUT2D eigenvalue weighted by Crippen LogP contribution is 2.26. The van der Waals surface area contributed by atoms with Gasteiger partial charge in [0.15, 0.2) is 0 Å². The number of nitrogens with one attached hydrogen (secondary N) is 3. The highest BCUT2D eigenvalue weighted by molar-refractivity contribution is 7.92. The highest BCUT2D eigenvalue weighted by atomic mass is 32.2. The standard InChI is InChI=1S/C19H13F4N3O4S/c20-11-1-7-14(8-2-11)31(29,30)26-13-5-3-12(4-6-13)24-17(27)15-9-10-16(19(21,22)23)25-18(15)28/h1-10,26H,(H,24,27)(H,25,28). The largest absolute Gasteiger partial charge is 0.431 e. The first-order valence-electron chi connectivity index (χ1n) is 8.46. The van der Waals surface area contributed by atoms with E-state index < -0.39 is 44.7 Å². The number of alkyl halides is 3. The number of anilines is 2. The molecule has 0 saturated heterocycles. The van der Waals surface area contributed by atoms with Gasteiger partial charge in [0.2, 0.25) is 0 Å². The minimum absolute atomic E-state index is 0.134. The van der Waals surface area contributed by atoms with Crippen molar-refractivity contribution in [2.75, 3.05) is 10.0 Å². The first kappa shape index (κ1) is 22.0. The molecule has 162 valence electrons. The van der Waals surface area contributed by atoms with E-state index >= 15 is 0 Å². The van der Waals surface area contributed by atoms with Crippen LogP contribution in [0.4, 0.5) is 28.9 Å². The van der Waals surface area contributed by atoms with Crippen LogP contribution in [-0.2, 0) is 16.2 Å². The average molecular weight is 455 g/mol. The van der Waals surface area contributed by atoms with Gasteiger partial charge in [-0.2, -0.15) is 13.2 Å². The first-order chi connectivity index (χ1) is 14.5. The molecule has 31 heavy (non-hydrogen) atoms. The van der Waals surface area contributed by atoms with Gasteiger partial charge in [0.05, 0.1) is 4.90 Å². The van der Waals surface area contributed by atoms with Crippen LogP contribution < -0.4 is 15.6 Å². The van der Waals surface area contributed by atoms with Crippen LogP contribution in [0.2, 0.25) is 0 Å². The lowest BCUT2D eigenvalue weighted by Gasteiger charge is -2.10. The molecule has 0 fully saturated rings. The van der Waals surface area contributed by atoms with Crippen molar-refractivity contribution in [3.05, 3.63) is 88.1 Å². The molecule has 1 aromatic heterocycles. The Kier molecular flexibility index (Phi) is 5.84. The molecule has 1 heterocycles. The number of H-pyrrole nitrogens is 1. The van der Waals surface area contributed by atoms with Crippen molar-refractivity contribution in [2.45, 2.75) is 11.1 Å². The van der Waals surface area contributed by atoms with Crippen molar-refractivity contribution in [1.29, 1.82) is 0 Å². The Morgan fingerprint density at radius 3 is 2.00 bits per heavy atom. The van der Waals surface area contributed by atoms with Gasteiger partial charge in [0.1, 0.15) is 17.1 Å². The Balaban J connectivity index is 1.71. The van der Waals surface area contributed by atoms with E-state index in [9.17, 15) is 35.6 Å². The normalized spacial score (nSPS) is 11.7. The Morgan fingerprint density at radius 2 is 1.45 bits per heavy atom. The maximum absolute atomic E-state index is 12.9. The minimum atomic E-state index is -4.76. The fraction of sp³-hybridized carbons (Fsp3) is 0.0526. The van der Waals surface area contributed by atoms with Gasteiger partial charge >= 0.3 is 6.18 Å². The summed E-state index contributed by atoms with van der Waals surface area (Å²) in [6.07, 6.45) is -4.76. The van der Waals surface area contributed by atoms with Crippen molar-refractivity contribution in [3.63, 3.8) is 0 Å². The van der Waals surface area contributed by atoms with Crippen LogP contribution >= 0.6 is 0 Å². The summed E-state index contributed by atoms with van der Waals surface area (Å²) in [5.41, 5.74) is -2.74. The molecule has 0 bridgehead atoms. The van der Waals surface area contributed by atoms with E-state index in [1.165, 1.54) is 24.3 Å². The maximum atomic E-state index is 12.9. The third kappa shape index (κ3) is 5.28. The number of carbonyl (C=O) groups excluding carboxylic acids is 1. The lowest BCUT2D eigenvalue weighted by Crippen LogP contribution is -2.25. The third-order valence-corrected chi connectivity index (χ3v) is 5.38. The van der Waals surface area contributed by atoms with Crippen LogP contribution in [0.1, 0.15) is 16.1 Å². The topological polar surface area (TPSA) is 108 Å². The fourth-order valence-electron chi connectivity index (χ4n) is 2.47. The zero-order valence-electron chi connectivity index (χ0n) is 15.3. The summed E-state index contributed by atoms with van der Waals surface area (Å²) >= 11 is 0. The summed E-state index contributed by atoms with van der Waals surface area (Å²) < 4.78 is 77.5. The molecule has 0 radical (unpaired) electrons. The summed E-state index contributed by atoms with van der Waals surface area (Å²) in [7, 11) is -3.97. The van der Waals surface area contributed by atoms with E-state index in [0.717, 1.165) is 30.3 Å². The van der Waals surface area contributed by atoms with E-state index in [-0.39, 0.29) is 16.3 Å². The number of halogens is 4. The first-order valence-corrected chi connectivity index (χ1v) is 9.94. The summed E-state index contributed by atoms with van der Waals surface area (Å²) in [5.74, 6) is -1.54. The second-order valence-electron chi connectivity index (χ2n) is 6.20. The van der Waals surface area contributed by atoms with Crippen molar-refractivity contribution < 1.29 is 30.8 Å². The summed E-state index contributed by atoms with van der Waals surface area (Å²) in [5, 5.41) is 2.33. The average Bonchev–Trinajstić information content (AvgIpc) is 2.68. The Morgan fingerprint density at radius 1 is 0.871 bits per heavy atom. The number of sulfonamides is 1. The zero-order chi connectivity index (χ0) is 22.8. The lowest BCUT2D eigenvalue weighted by molar-refractivity contribution is -0.141. The second kappa shape index (κ2) is 8.22. The number of pyridine rings is 1. The SMILES string of the molecule is O=C(Nc1ccc(NS(=O)(=O)c2ccc(F)cc2)cc1)c1ccc(C(F)(F)F)[nH]c1=O. The number of aromatic nitrogens is 1. The Bertz CT molecular complexity index is 1270. The fourth-order valence-corrected chi connectivity index (χ4v) is 3.52. The summed E-state index contributed by atoms with van der Waals surface area (Å²) in [6, 6.07) is 10.8. The maximum Gasteiger partial charge on any atom is 0.431 e. The molecular formula is C19H13F4N3O4S. The van der Waals surface area contributed by atoms with Gasteiger partial charge in [-0.3, -0.25) is 14.3 Å². The highest BCUT2D eigenvalue weighted by Gasteiger charge is 2.32. The lowest BCUT2D eigenvalue weighted by atomic mass is 10.2. The van der Waals surface area contributed by atoms with Gasteiger partial charge in [-0.15, -0.1) is 0 Å². The molecule has 0 saturated carbocycles. The van der Waals surface area contributed by atoms with Crippen molar-refractivity contribution in [1.82, 2.24) is 4.98 Å². The molecule has 0 atom stereocenters. The molecule has 12 heteroatoms. The molecule has 2 aromatic carbocycles. The number of rotatable bonds is 5. The molecule has 3 aromatic rings. The monoisotopic (exact) mass is 455 g/mol. The second-order valence-corrected chi connectivity index (χ2v) is 7.89. The van der Waals surface area contributed by atoms with Gasteiger partial charge in [-0.25, -0.2) is 12.8 Å². The van der Waals surface area contributed by atoms with Crippen LogP contribution in [0, 0.1) is 5.82 Å². The van der Waals surface area contributed by atoms with E-state index in [1.54, 1.807) is 4.98 Å². The number of hydrogen-bond donors (Lipinski definition) is 3. The Labute approximate surface area is 172 Å². The van der Waals surface area contributed by atoms with E-state index in [4.69, 9.17) is 0 Å². The van der Waals surface area contributed by atoms with Crippen molar-refractivity contribution >= 4 is 27.3 Å². The van der Waals surface area contributed by atoms with Crippen molar-refractivity contribution in [3.8, 4) is 0 Å². The van der Waals surface area contributed by atoms with Gasteiger partial charge in [-0.1, -0.05) is 0 Å². The predicted molar refractivity (Wildman–Crippen MR) is 104 cm³/mol. The number of amides is 1.